The maximum absolute atomic E-state index is 13.7. The largest absolute Gasteiger partial charge is 0.496 e. The van der Waals surface area contributed by atoms with E-state index >= 15 is 0 Å². The van der Waals surface area contributed by atoms with Crippen molar-refractivity contribution in [2.45, 2.75) is 16.7 Å². The van der Waals surface area contributed by atoms with Crippen LogP contribution in [0.1, 0.15) is 27.3 Å². The first-order valence-corrected chi connectivity index (χ1v) is 11.6. The number of halogens is 4. The molecule has 29 heavy (non-hydrogen) atoms. The van der Waals surface area contributed by atoms with Gasteiger partial charge in [-0.15, -0.1) is 0 Å². The van der Waals surface area contributed by atoms with Crippen LogP contribution in [0, 0.1) is 0 Å². The molecule has 1 aromatic carbocycles. The molecular weight excluding hydrogens is 497 g/mol. The second-order valence-corrected chi connectivity index (χ2v) is 9.29. The summed E-state index contributed by atoms with van der Waals surface area (Å²) in [6.45, 7) is 0. The van der Waals surface area contributed by atoms with E-state index in [1.807, 2.05) is 0 Å². The lowest BCUT2D eigenvalue weighted by Gasteiger charge is -2.26. The number of pyridine rings is 1. The Labute approximate surface area is 179 Å². The van der Waals surface area contributed by atoms with Crippen LogP contribution in [0.2, 0.25) is 0 Å². The van der Waals surface area contributed by atoms with Crippen LogP contribution in [0.4, 0.5) is 13.2 Å². The van der Waals surface area contributed by atoms with Crippen molar-refractivity contribution in [2.24, 2.45) is 5.14 Å². The lowest BCUT2D eigenvalue weighted by Crippen LogP contribution is -2.34. The Morgan fingerprint density at radius 2 is 1.86 bits per heavy atom. The lowest BCUT2D eigenvalue weighted by molar-refractivity contribution is -0.131. The highest BCUT2D eigenvalue weighted by Crippen LogP contribution is 2.47. The van der Waals surface area contributed by atoms with Gasteiger partial charge in [0, 0.05) is 16.6 Å². The number of hydrogen-bond donors (Lipinski definition) is 1. The van der Waals surface area contributed by atoms with Gasteiger partial charge in [0.25, 0.3) is 0 Å². The van der Waals surface area contributed by atoms with Gasteiger partial charge in [-0.3, -0.25) is 0 Å². The third-order valence-corrected chi connectivity index (χ3v) is 6.82. The van der Waals surface area contributed by atoms with Gasteiger partial charge in [-0.2, -0.15) is 24.9 Å². The Morgan fingerprint density at radius 1 is 1.21 bits per heavy atom. The zero-order valence-corrected chi connectivity index (χ0v) is 18.7. The molecule has 0 amide bonds. The zero-order valence-electron chi connectivity index (χ0n) is 15.5. The molecule has 12 heteroatoms. The van der Waals surface area contributed by atoms with Gasteiger partial charge in [0.2, 0.25) is 15.9 Å². The number of benzene rings is 1. The van der Waals surface area contributed by atoms with Crippen LogP contribution < -0.4 is 14.6 Å². The van der Waals surface area contributed by atoms with Crippen molar-refractivity contribution >= 4 is 37.7 Å². The van der Waals surface area contributed by atoms with E-state index in [4.69, 9.17) is 14.6 Å². The standard InChI is InChI=1S/C17H18BrF3N2O4S2/c1-26-9-7-12(23-13(8-9)27-2)15(28-3)10-5-4-6-11(18)14(10)16(17(19,20)21)29(22,24)25/h4-8,15-16H,1-3H3,(H2,22,24,25). The zero-order chi connectivity index (χ0) is 22.0. The number of ether oxygens (including phenoxy) is 2. The Morgan fingerprint density at radius 3 is 2.34 bits per heavy atom. The van der Waals surface area contributed by atoms with E-state index < -0.39 is 32.3 Å². The van der Waals surface area contributed by atoms with Crippen LogP contribution in [-0.4, -0.2) is 40.1 Å². The molecule has 0 radical (unpaired) electrons. The quantitative estimate of drug-likeness (QED) is 0.595. The molecule has 2 N–H and O–H groups in total. The predicted molar refractivity (Wildman–Crippen MR) is 109 cm³/mol. The van der Waals surface area contributed by atoms with Crippen LogP contribution in [-0.2, 0) is 10.0 Å². The van der Waals surface area contributed by atoms with E-state index in [2.05, 4.69) is 20.9 Å². The minimum Gasteiger partial charge on any atom is -0.496 e. The van der Waals surface area contributed by atoms with Gasteiger partial charge < -0.3 is 9.47 Å². The molecule has 0 spiro atoms. The minimum atomic E-state index is -5.12. The molecule has 2 atom stereocenters. The smallest absolute Gasteiger partial charge is 0.410 e. The topological polar surface area (TPSA) is 91.5 Å². The van der Waals surface area contributed by atoms with Crippen LogP contribution in [0.3, 0.4) is 0 Å². The van der Waals surface area contributed by atoms with Crippen molar-refractivity contribution in [3.63, 3.8) is 0 Å². The highest BCUT2D eigenvalue weighted by Gasteiger charge is 2.50. The maximum Gasteiger partial charge on any atom is 0.410 e. The molecule has 0 saturated carbocycles. The van der Waals surface area contributed by atoms with Crippen molar-refractivity contribution in [2.75, 3.05) is 20.5 Å². The number of hydrogen-bond acceptors (Lipinski definition) is 6. The molecule has 2 rings (SSSR count). The van der Waals surface area contributed by atoms with E-state index in [0.717, 1.165) is 0 Å². The summed E-state index contributed by atoms with van der Waals surface area (Å²) in [5, 5.41) is 1.32. The van der Waals surface area contributed by atoms with Crippen LogP contribution in [0.15, 0.2) is 34.8 Å². The normalized spacial score (nSPS) is 14.3. The number of thioether (sulfide) groups is 1. The van der Waals surface area contributed by atoms with Gasteiger partial charge >= 0.3 is 6.18 Å². The predicted octanol–water partition coefficient (Wildman–Crippen LogP) is 4.21. The van der Waals surface area contributed by atoms with Gasteiger partial charge in [0.15, 0.2) is 5.25 Å². The van der Waals surface area contributed by atoms with Crippen molar-refractivity contribution < 1.29 is 31.1 Å². The number of rotatable bonds is 7. The van der Waals surface area contributed by atoms with E-state index in [1.54, 1.807) is 12.3 Å². The van der Waals surface area contributed by atoms with Crippen LogP contribution in [0.5, 0.6) is 11.6 Å². The number of nitrogens with zero attached hydrogens (tertiary/aromatic N) is 1. The molecule has 0 bridgehead atoms. The number of methoxy groups -OCH3 is 2. The highest BCUT2D eigenvalue weighted by atomic mass is 79.9. The molecule has 160 valence electrons. The van der Waals surface area contributed by atoms with Gasteiger partial charge in [-0.1, -0.05) is 28.1 Å². The Hall–Kier alpha value is -1.50. The maximum atomic E-state index is 13.7. The number of alkyl halides is 3. The third kappa shape index (κ3) is 5.36. The third-order valence-electron chi connectivity index (χ3n) is 4.00. The van der Waals surface area contributed by atoms with Gasteiger partial charge in [-0.25, -0.2) is 18.5 Å². The molecule has 1 heterocycles. The minimum absolute atomic E-state index is 0.0275. The molecule has 1 aromatic heterocycles. The highest BCUT2D eigenvalue weighted by molar-refractivity contribution is 9.10. The molecule has 6 nitrogen and oxygen atoms in total. The SMILES string of the molecule is COc1cc(OC)nc(C(SC)c2cccc(Br)c2C(C(F)(F)F)S(N)(=O)=O)c1. The Balaban J connectivity index is 2.79. The van der Waals surface area contributed by atoms with E-state index in [1.165, 1.54) is 50.2 Å². The molecule has 0 aliphatic rings. The molecule has 0 aliphatic carbocycles. The first-order chi connectivity index (χ1) is 13.4. The first-order valence-electron chi connectivity index (χ1n) is 7.93. The summed E-state index contributed by atoms with van der Waals surface area (Å²) in [6.07, 6.45) is -3.45. The fourth-order valence-corrected chi connectivity index (χ4v) is 5.39. The second-order valence-electron chi connectivity index (χ2n) is 5.84. The summed E-state index contributed by atoms with van der Waals surface area (Å²) in [6, 6.07) is 7.33. The molecule has 0 aliphatic heterocycles. The summed E-state index contributed by atoms with van der Waals surface area (Å²) >= 11 is 4.24. The van der Waals surface area contributed by atoms with Crippen LogP contribution in [0.25, 0.3) is 0 Å². The van der Waals surface area contributed by atoms with Gasteiger partial charge in [0.1, 0.15) is 5.75 Å². The van der Waals surface area contributed by atoms with Crippen molar-refractivity contribution in [1.82, 2.24) is 4.98 Å². The molecule has 0 saturated heterocycles. The summed E-state index contributed by atoms with van der Waals surface area (Å²) in [5.74, 6) is 0.593. The van der Waals surface area contributed by atoms with E-state index in [-0.39, 0.29) is 15.9 Å². The summed E-state index contributed by atoms with van der Waals surface area (Å²) in [7, 11) is -2.18. The van der Waals surface area contributed by atoms with Gasteiger partial charge in [0.05, 0.1) is 25.2 Å². The van der Waals surface area contributed by atoms with E-state index in [0.29, 0.717) is 11.4 Å². The lowest BCUT2D eigenvalue weighted by atomic mass is 9.99. The van der Waals surface area contributed by atoms with Crippen LogP contribution >= 0.6 is 27.7 Å². The Kier molecular flexibility index (Phi) is 7.47. The van der Waals surface area contributed by atoms with Crippen molar-refractivity contribution in [3.05, 3.63) is 51.6 Å². The summed E-state index contributed by atoms with van der Waals surface area (Å²) in [4.78, 5) is 4.30. The Bertz CT molecular complexity index is 965. The number of nitrogens with two attached hydrogens (primary N) is 1. The number of aromatic nitrogens is 1. The number of sulfonamides is 1. The second kappa shape index (κ2) is 9.11. The average Bonchev–Trinajstić information content (AvgIpc) is 2.62. The molecule has 2 aromatic rings. The number of primary sulfonamides is 1. The van der Waals surface area contributed by atoms with Gasteiger partial charge in [-0.05, 0) is 23.4 Å². The fourth-order valence-electron chi connectivity index (χ4n) is 2.84. The van der Waals surface area contributed by atoms with Crippen molar-refractivity contribution in [1.29, 1.82) is 0 Å². The van der Waals surface area contributed by atoms with Crippen molar-refractivity contribution in [3.8, 4) is 11.6 Å². The first kappa shape index (κ1) is 23.8. The molecular formula is C17H18BrF3N2O4S2. The molecule has 2 unspecified atom stereocenters. The monoisotopic (exact) mass is 514 g/mol. The summed E-state index contributed by atoms with van der Waals surface area (Å²) in [5.41, 5.74) is -0.0418. The fraction of sp³-hybridized carbons (Fsp3) is 0.353. The molecule has 0 fully saturated rings. The summed E-state index contributed by atoms with van der Waals surface area (Å²) < 4.78 is 75.3. The van der Waals surface area contributed by atoms with E-state index in [9.17, 15) is 21.6 Å². The average molecular weight is 515 g/mol.